The van der Waals surface area contributed by atoms with E-state index in [0.717, 1.165) is 0 Å². The minimum atomic E-state index is -0.669. The SMILES string of the molecule is O=C(CCCCN1C(=O)CCC1=O)ON1C(=O)CCC1=O. The highest BCUT2D eigenvalue weighted by atomic mass is 16.7. The quantitative estimate of drug-likeness (QED) is 0.501. The molecule has 8 heteroatoms. The van der Waals surface area contributed by atoms with Gasteiger partial charge in [-0.15, -0.1) is 5.06 Å². The third kappa shape index (κ3) is 3.65. The average Bonchev–Trinajstić information content (AvgIpc) is 2.92. The van der Waals surface area contributed by atoms with Crippen molar-refractivity contribution in [3.8, 4) is 0 Å². The lowest BCUT2D eigenvalue weighted by Crippen LogP contribution is -2.32. The highest BCUT2D eigenvalue weighted by molar-refractivity contribution is 6.02. The van der Waals surface area contributed by atoms with Crippen LogP contribution in [0.1, 0.15) is 44.9 Å². The van der Waals surface area contributed by atoms with Crippen molar-refractivity contribution < 1.29 is 28.8 Å². The lowest BCUT2D eigenvalue weighted by molar-refractivity contribution is -0.197. The van der Waals surface area contributed by atoms with Crippen molar-refractivity contribution in [1.29, 1.82) is 0 Å². The molecule has 0 aromatic carbocycles. The van der Waals surface area contributed by atoms with Crippen molar-refractivity contribution in [2.45, 2.75) is 44.9 Å². The van der Waals surface area contributed by atoms with Crippen LogP contribution in [0, 0.1) is 0 Å². The van der Waals surface area contributed by atoms with Gasteiger partial charge in [0.2, 0.25) is 11.8 Å². The summed E-state index contributed by atoms with van der Waals surface area (Å²) < 4.78 is 0. The Balaban J connectivity index is 1.65. The Kier molecular flexibility index (Phi) is 4.66. The highest BCUT2D eigenvalue weighted by Gasteiger charge is 2.32. The fraction of sp³-hybridized carbons (Fsp3) is 0.615. The smallest absolute Gasteiger partial charge is 0.330 e. The summed E-state index contributed by atoms with van der Waals surface area (Å²) in [6.45, 7) is 0.284. The Morgan fingerprint density at radius 1 is 0.857 bits per heavy atom. The van der Waals surface area contributed by atoms with Crippen molar-refractivity contribution in [1.82, 2.24) is 9.96 Å². The molecule has 2 saturated heterocycles. The summed E-state index contributed by atoms with van der Waals surface area (Å²) in [6.07, 6.45) is 1.53. The van der Waals surface area contributed by atoms with Crippen LogP contribution in [0.15, 0.2) is 0 Å². The minimum Gasteiger partial charge on any atom is -0.330 e. The van der Waals surface area contributed by atoms with Crippen LogP contribution in [0.25, 0.3) is 0 Å². The fourth-order valence-electron chi connectivity index (χ4n) is 2.22. The lowest BCUT2D eigenvalue weighted by Gasteiger charge is -2.14. The maximum Gasteiger partial charge on any atom is 0.333 e. The Labute approximate surface area is 121 Å². The zero-order valence-corrected chi connectivity index (χ0v) is 11.5. The van der Waals surface area contributed by atoms with E-state index in [0.29, 0.717) is 17.9 Å². The first-order valence-electron chi connectivity index (χ1n) is 6.89. The van der Waals surface area contributed by atoms with Crippen LogP contribution in [0.5, 0.6) is 0 Å². The largest absolute Gasteiger partial charge is 0.333 e. The summed E-state index contributed by atoms with van der Waals surface area (Å²) in [5.74, 6) is -2.06. The molecule has 2 rings (SSSR count). The van der Waals surface area contributed by atoms with E-state index >= 15 is 0 Å². The number of likely N-dealkylation sites (tertiary alicyclic amines) is 1. The lowest BCUT2D eigenvalue weighted by atomic mass is 10.2. The number of imide groups is 2. The zero-order chi connectivity index (χ0) is 15.4. The second-order valence-corrected chi connectivity index (χ2v) is 4.94. The Morgan fingerprint density at radius 2 is 1.38 bits per heavy atom. The van der Waals surface area contributed by atoms with E-state index in [1.165, 1.54) is 4.90 Å². The molecule has 2 fully saturated rings. The summed E-state index contributed by atoms with van der Waals surface area (Å²) >= 11 is 0. The normalized spacial score (nSPS) is 18.9. The molecule has 0 aromatic heterocycles. The molecule has 0 bridgehead atoms. The second-order valence-electron chi connectivity index (χ2n) is 4.94. The van der Waals surface area contributed by atoms with Crippen LogP contribution in [0.4, 0.5) is 0 Å². The van der Waals surface area contributed by atoms with Gasteiger partial charge in [-0.1, -0.05) is 0 Å². The number of rotatable bonds is 6. The third-order valence-electron chi connectivity index (χ3n) is 3.37. The predicted octanol–water partition coefficient (Wildman–Crippen LogP) is -0.0871. The van der Waals surface area contributed by atoms with Crippen LogP contribution >= 0.6 is 0 Å². The molecule has 8 nitrogen and oxygen atoms in total. The van der Waals surface area contributed by atoms with Gasteiger partial charge in [-0.05, 0) is 12.8 Å². The minimum absolute atomic E-state index is 0.0211. The molecule has 2 heterocycles. The van der Waals surface area contributed by atoms with E-state index in [4.69, 9.17) is 4.84 Å². The number of carbonyl (C=O) groups is 5. The Hall–Kier alpha value is -2.25. The fourth-order valence-corrected chi connectivity index (χ4v) is 2.22. The first-order chi connectivity index (χ1) is 9.99. The molecule has 21 heavy (non-hydrogen) atoms. The molecule has 0 unspecified atom stereocenters. The van der Waals surface area contributed by atoms with Gasteiger partial charge < -0.3 is 4.84 Å². The zero-order valence-electron chi connectivity index (χ0n) is 11.5. The van der Waals surface area contributed by atoms with Gasteiger partial charge in [0.25, 0.3) is 11.8 Å². The van der Waals surface area contributed by atoms with Gasteiger partial charge in [0, 0.05) is 38.6 Å². The summed E-state index contributed by atoms with van der Waals surface area (Å²) in [5.41, 5.74) is 0. The number of unbranched alkanes of at least 4 members (excludes halogenated alkanes) is 1. The molecule has 0 spiro atoms. The summed E-state index contributed by atoms with van der Waals surface area (Å²) in [5, 5.41) is 0.510. The Bertz CT molecular complexity index is 469. The molecule has 0 N–H and O–H groups in total. The molecule has 0 aromatic rings. The summed E-state index contributed by atoms with van der Waals surface area (Å²) in [6, 6.07) is 0. The van der Waals surface area contributed by atoms with Crippen molar-refractivity contribution in [3.63, 3.8) is 0 Å². The number of hydroxylamine groups is 2. The molecule has 2 aliphatic rings. The van der Waals surface area contributed by atoms with Crippen LogP contribution in [-0.4, -0.2) is 46.1 Å². The van der Waals surface area contributed by atoms with Gasteiger partial charge in [-0.25, -0.2) is 4.79 Å². The molecule has 114 valence electrons. The van der Waals surface area contributed by atoms with Gasteiger partial charge >= 0.3 is 5.97 Å². The van der Waals surface area contributed by atoms with Crippen LogP contribution in [-0.2, 0) is 28.8 Å². The van der Waals surface area contributed by atoms with Gasteiger partial charge in [0.1, 0.15) is 0 Å². The van der Waals surface area contributed by atoms with E-state index in [2.05, 4.69) is 0 Å². The molecule has 4 amide bonds. The molecular formula is C13H16N2O6. The first-order valence-corrected chi connectivity index (χ1v) is 6.89. The van der Waals surface area contributed by atoms with E-state index in [1.54, 1.807) is 0 Å². The van der Waals surface area contributed by atoms with Crippen molar-refractivity contribution in [3.05, 3.63) is 0 Å². The van der Waals surface area contributed by atoms with Gasteiger partial charge in [-0.3, -0.25) is 24.1 Å². The van der Waals surface area contributed by atoms with Crippen LogP contribution in [0.3, 0.4) is 0 Å². The third-order valence-corrected chi connectivity index (χ3v) is 3.37. The number of nitrogens with zero attached hydrogens (tertiary/aromatic N) is 2. The second kappa shape index (κ2) is 6.47. The van der Waals surface area contributed by atoms with E-state index in [9.17, 15) is 24.0 Å². The number of hydrogen-bond donors (Lipinski definition) is 0. The van der Waals surface area contributed by atoms with Crippen molar-refractivity contribution >= 4 is 29.6 Å². The topological polar surface area (TPSA) is 101 Å². The Morgan fingerprint density at radius 3 is 1.95 bits per heavy atom. The van der Waals surface area contributed by atoms with Crippen LogP contribution < -0.4 is 0 Å². The molecule has 0 saturated carbocycles. The molecule has 0 aliphatic carbocycles. The molecule has 0 atom stereocenters. The number of hydrogen-bond acceptors (Lipinski definition) is 6. The maximum absolute atomic E-state index is 11.5. The van der Waals surface area contributed by atoms with E-state index in [1.807, 2.05) is 0 Å². The summed E-state index contributed by atoms with van der Waals surface area (Å²) in [7, 11) is 0. The van der Waals surface area contributed by atoms with Crippen molar-refractivity contribution in [2.75, 3.05) is 6.54 Å². The molecule has 0 radical (unpaired) electrons. The van der Waals surface area contributed by atoms with Crippen LogP contribution in [0.2, 0.25) is 0 Å². The van der Waals surface area contributed by atoms with Gasteiger partial charge in [0.05, 0.1) is 0 Å². The van der Waals surface area contributed by atoms with E-state index in [-0.39, 0.29) is 50.5 Å². The number of amides is 4. The molecular weight excluding hydrogens is 280 g/mol. The van der Waals surface area contributed by atoms with E-state index < -0.39 is 17.8 Å². The summed E-state index contributed by atoms with van der Waals surface area (Å²) in [4.78, 5) is 62.6. The standard InChI is InChI=1S/C13H16N2O6/c16-9-4-5-10(17)14(9)8-2-1-3-13(20)21-15-11(18)6-7-12(15)19/h1-8H2. The number of carbonyl (C=O) groups excluding carboxylic acids is 5. The highest BCUT2D eigenvalue weighted by Crippen LogP contribution is 2.15. The predicted molar refractivity (Wildman–Crippen MR) is 67.0 cm³/mol. The van der Waals surface area contributed by atoms with Gasteiger partial charge in [-0.2, -0.15) is 0 Å². The molecule has 2 aliphatic heterocycles. The first kappa shape index (κ1) is 15.1. The van der Waals surface area contributed by atoms with Crippen molar-refractivity contribution in [2.24, 2.45) is 0 Å². The monoisotopic (exact) mass is 296 g/mol. The maximum atomic E-state index is 11.5. The van der Waals surface area contributed by atoms with Gasteiger partial charge in [0.15, 0.2) is 0 Å². The average molecular weight is 296 g/mol.